The van der Waals surface area contributed by atoms with Crippen molar-refractivity contribution >= 4 is 23.9 Å². The Morgan fingerprint density at radius 3 is 1.25 bits per heavy atom. The third-order valence-corrected chi connectivity index (χ3v) is 5.36. The van der Waals surface area contributed by atoms with Crippen LogP contribution in [-0.4, -0.2) is 86.2 Å². The molecule has 0 atom stereocenters. The SMILES string of the molecule is O=C(COC(=O)CN1CCN(CC(=O)OCC(=O)OCc2ccccc2)CC1)OCc1ccccc1. The van der Waals surface area contributed by atoms with Crippen LogP contribution in [0.15, 0.2) is 60.7 Å². The monoisotopic (exact) mass is 498 g/mol. The standard InChI is InChI=1S/C26H30N2O8/c29-23(35-19-25(31)33-17-21-7-3-1-4-8-21)15-27-11-13-28(14-12-27)16-24(30)36-20-26(32)34-18-22-9-5-2-6-10-22/h1-10H,11-20H2. The van der Waals surface area contributed by atoms with Crippen LogP contribution in [0.3, 0.4) is 0 Å². The molecular formula is C26H30N2O8. The van der Waals surface area contributed by atoms with E-state index in [-0.39, 0.29) is 26.3 Å². The van der Waals surface area contributed by atoms with Crippen LogP contribution in [0.1, 0.15) is 11.1 Å². The molecule has 2 aromatic rings. The first-order chi connectivity index (χ1) is 17.5. The molecule has 0 bridgehead atoms. The van der Waals surface area contributed by atoms with Crippen molar-refractivity contribution in [2.24, 2.45) is 0 Å². The summed E-state index contributed by atoms with van der Waals surface area (Å²) in [6.07, 6.45) is 0. The molecule has 0 N–H and O–H groups in total. The van der Waals surface area contributed by atoms with E-state index < -0.39 is 37.1 Å². The maximum atomic E-state index is 12.0. The number of esters is 4. The second-order valence-electron chi connectivity index (χ2n) is 8.17. The van der Waals surface area contributed by atoms with Gasteiger partial charge in [0.1, 0.15) is 13.2 Å². The first-order valence-corrected chi connectivity index (χ1v) is 11.6. The average molecular weight is 499 g/mol. The highest BCUT2D eigenvalue weighted by Crippen LogP contribution is 2.04. The van der Waals surface area contributed by atoms with Gasteiger partial charge in [-0.15, -0.1) is 0 Å². The number of ether oxygens (including phenoxy) is 4. The highest BCUT2D eigenvalue weighted by Gasteiger charge is 2.22. The molecule has 10 heteroatoms. The minimum atomic E-state index is -0.612. The number of carbonyl (C=O) groups is 4. The molecule has 0 radical (unpaired) electrons. The molecule has 1 fully saturated rings. The molecule has 1 aliphatic heterocycles. The summed E-state index contributed by atoms with van der Waals surface area (Å²) < 4.78 is 20.2. The highest BCUT2D eigenvalue weighted by atomic mass is 16.6. The van der Waals surface area contributed by atoms with Crippen LogP contribution >= 0.6 is 0 Å². The molecule has 1 aliphatic rings. The van der Waals surface area contributed by atoms with E-state index in [4.69, 9.17) is 18.9 Å². The van der Waals surface area contributed by atoms with Gasteiger partial charge < -0.3 is 18.9 Å². The van der Waals surface area contributed by atoms with E-state index in [0.717, 1.165) is 11.1 Å². The van der Waals surface area contributed by atoms with Crippen LogP contribution in [0.4, 0.5) is 0 Å². The molecular weight excluding hydrogens is 468 g/mol. The van der Waals surface area contributed by atoms with Crippen LogP contribution in [0.5, 0.6) is 0 Å². The first kappa shape index (κ1) is 26.8. The number of hydrogen-bond donors (Lipinski definition) is 0. The zero-order chi connectivity index (χ0) is 25.6. The summed E-state index contributed by atoms with van der Waals surface area (Å²) in [5.41, 5.74) is 1.70. The fourth-order valence-corrected chi connectivity index (χ4v) is 3.40. The minimum Gasteiger partial charge on any atom is -0.458 e. The molecule has 36 heavy (non-hydrogen) atoms. The Morgan fingerprint density at radius 2 is 0.889 bits per heavy atom. The smallest absolute Gasteiger partial charge is 0.344 e. The van der Waals surface area contributed by atoms with E-state index in [1.54, 1.807) is 0 Å². The molecule has 0 amide bonds. The maximum absolute atomic E-state index is 12.0. The van der Waals surface area contributed by atoms with Crippen LogP contribution in [0.2, 0.25) is 0 Å². The molecule has 3 rings (SSSR count). The summed E-state index contributed by atoms with van der Waals surface area (Å²) in [5, 5.41) is 0. The lowest BCUT2D eigenvalue weighted by atomic mass is 10.2. The van der Waals surface area contributed by atoms with Crippen molar-refractivity contribution in [2.75, 3.05) is 52.5 Å². The van der Waals surface area contributed by atoms with Crippen molar-refractivity contribution in [3.63, 3.8) is 0 Å². The third-order valence-electron chi connectivity index (χ3n) is 5.36. The number of benzene rings is 2. The molecule has 10 nitrogen and oxygen atoms in total. The fraction of sp³-hybridized carbons (Fsp3) is 0.385. The summed E-state index contributed by atoms with van der Waals surface area (Å²) in [6, 6.07) is 18.4. The molecule has 0 aromatic heterocycles. The molecule has 2 aromatic carbocycles. The predicted octanol–water partition coefficient (Wildman–Crippen LogP) is 1.18. The first-order valence-electron chi connectivity index (χ1n) is 11.6. The van der Waals surface area contributed by atoms with Crippen molar-refractivity contribution in [1.29, 1.82) is 0 Å². The van der Waals surface area contributed by atoms with Gasteiger partial charge in [-0.05, 0) is 11.1 Å². The summed E-state index contributed by atoms with van der Waals surface area (Å²) in [4.78, 5) is 51.4. The second kappa shape index (κ2) is 14.6. The van der Waals surface area contributed by atoms with Gasteiger partial charge in [0.15, 0.2) is 13.2 Å². The number of hydrogen-bond acceptors (Lipinski definition) is 10. The number of nitrogens with zero attached hydrogens (tertiary/aromatic N) is 2. The van der Waals surface area contributed by atoms with E-state index in [1.807, 2.05) is 70.5 Å². The second-order valence-corrected chi connectivity index (χ2v) is 8.17. The topological polar surface area (TPSA) is 112 Å². The quantitative estimate of drug-likeness (QED) is 0.312. The van der Waals surface area contributed by atoms with Gasteiger partial charge in [0, 0.05) is 26.2 Å². The largest absolute Gasteiger partial charge is 0.458 e. The average Bonchev–Trinajstić information content (AvgIpc) is 2.90. The number of rotatable bonds is 12. The third kappa shape index (κ3) is 10.2. The molecule has 1 heterocycles. The normalized spacial score (nSPS) is 14.0. The van der Waals surface area contributed by atoms with Crippen molar-refractivity contribution in [3.05, 3.63) is 71.8 Å². The van der Waals surface area contributed by atoms with Crippen molar-refractivity contribution in [2.45, 2.75) is 13.2 Å². The Bertz CT molecular complexity index is 910. The van der Waals surface area contributed by atoms with Gasteiger partial charge in [-0.3, -0.25) is 19.4 Å². The van der Waals surface area contributed by atoms with E-state index in [1.165, 1.54) is 0 Å². The van der Waals surface area contributed by atoms with Gasteiger partial charge in [0.25, 0.3) is 0 Å². The lowest BCUT2D eigenvalue weighted by Gasteiger charge is -2.33. The zero-order valence-electron chi connectivity index (χ0n) is 20.0. The Balaban J connectivity index is 1.23. The molecule has 0 unspecified atom stereocenters. The van der Waals surface area contributed by atoms with Crippen LogP contribution in [-0.2, 0) is 51.3 Å². The fourth-order valence-electron chi connectivity index (χ4n) is 3.40. The van der Waals surface area contributed by atoms with E-state index in [9.17, 15) is 19.2 Å². The van der Waals surface area contributed by atoms with E-state index >= 15 is 0 Å². The van der Waals surface area contributed by atoms with Crippen LogP contribution in [0.25, 0.3) is 0 Å². The Hall–Kier alpha value is -3.76. The van der Waals surface area contributed by atoms with Gasteiger partial charge in [0.05, 0.1) is 13.1 Å². The number of carbonyl (C=O) groups excluding carboxylic acids is 4. The van der Waals surface area contributed by atoms with Gasteiger partial charge in [0.2, 0.25) is 0 Å². The maximum Gasteiger partial charge on any atom is 0.344 e. The Labute approximate surface area is 209 Å². The van der Waals surface area contributed by atoms with Gasteiger partial charge in [-0.1, -0.05) is 60.7 Å². The molecule has 0 saturated carbocycles. The lowest BCUT2D eigenvalue weighted by molar-refractivity contribution is -0.161. The van der Waals surface area contributed by atoms with Gasteiger partial charge in [-0.2, -0.15) is 0 Å². The minimum absolute atomic E-state index is 0.0392. The van der Waals surface area contributed by atoms with Crippen LogP contribution in [0, 0.1) is 0 Å². The number of piperazine rings is 1. The Morgan fingerprint density at radius 1 is 0.528 bits per heavy atom. The summed E-state index contributed by atoms with van der Waals surface area (Å²) in [6.45, 7) is 1.61. The molecule has 0 spiro atoms. The summed E-state index contributed by atoms with van der Waals surface area (Å²) in [7, 11) is 0. The predicted molar refractivity (Wildman–Crippen MR) is 127 cm³/mol. The van der Waals surface area contributed by atoms with Gasteiger partial charge >= 0.3 is 23.9 Å². The zero-order valence-corrected chi connectivity index (χ0v) is 20.0. The molecule has 1 saturated heterocycles. The van der Waals surface area contributed by atoms with E-state index in [0.29, 0.717) is 26.2 Å². The summed E-state index contributed by atoms with van der Waals surface area (Å²) >= 11 is 0. The van der Waals surface area contributed by atoms with Crippen molar-refractivity contribution in [1.82, 2.24) is 9.80 Å². The molecule has 0 aliphatic carbocycles. The van der Waals surface area contributed by atoms with Crippen molar-refractivity contribution < 1.29 is 38.1 Å². The Kier molecular flexibility index (Phi) is 10.9. The van der Waals surface area contributed by atoms with Crippen molar-refractivity contribution in [3.8, 4) is 0 Å². The lowest BCUT2D eigenvalue weighted by Crippen LogP contribution is -2.49. The highest BCUT2D eigenvalue weighted by molar-refractivity contribution is 5.78. The molecule has 192 valence electrons. The van der Waals surface area contributed by atoms with E-state index in [2.05, 4.69) is 0 Å². The summed E-state index contributed by atoms with van der Waals surface area (Å²) in [5.74, 6) is -2.26. The van der Waals surface area contributed by atoms with Gasteiger partial charge in [-0.25, -0.2) is 9.59 Å². The van der Waals surface area contributed by atoms with Crippen LogP contribution < -0.4 is 0 Å².